The van der Waals surface area contributed by atoms with Crippen LogP contribution in [-0.4, -0.2) is 48.8 Å². The number of carbonyl (C=O) groups is 2. The van der Waals surface area contributed by atoms with Gasteiger partial charge in [0.15, 0.2) is 0 Å². The number of nitrogens with zero attached hydrogens (tertiary/aromatic N) is 2. The zero-order valence-electron chi connectivity index (χ0n) is 14.1. The Labute approximate surface area is 138 Å². The highest BCUT2D eigenvalue weighted by atomic mass is 16.2. The van der Waals surface area contributed by atoms with Gasteiger partial charge in [0.2, 0.25) is 11.8 Å². The van der Waals surface area contributed by atoms with Crippen LogP contribution in [0.3, 0.4) is 0 Å². The van der Waals surface area contributed by atoms with E-state index in [1.165, 1.54) is 0 Å². The van der Waals surface area contributed by atoms with Gasteiger partial charge in [-0.25, -0.2) is 0 Å². The monoisotopic (exact) mass is 314 g/mol. The molecule has 1 aliphatic heterocycles. The number of piperidine rings is 1. The van der Waals surface area contributed by atoms with Gasteiger partial charge in [-0.2, -0.15) is 0 Å². The van der Waals surface area contributed by atoms with E-state index in [0.29, 0.717) is 13.1 Å². The topological polar surface area (TPSA) is 40.6 Å². The van der Waals surface area contributed by atoms with Crippen LogP contribution in [0.15, 0.2) is 30.3 Å². The molecule has 0 aromatic heterocycles. The van der Waals surface area contributed by atoms with E-state index < -0.39 is 0 Å². The molecule has 1 saturated carbocycles. The fraction of sp³-hybridized carbons (Fsp3) is 0.579. The third kappa shape index (κ3) is 2.87. The first-order valence-electron chi connectivity index (χ1n) is 8.61. The lowest BCUT2D eigenvalue weighted by Gasteiger charge is -2.45. The van der Waals surface area contributed by atoms with E-state index in [0.717, 1.165) is 37.7 Å². The lowest BCUT2D eigenvalue weighted by atomic mass is 9.63. The van der Waals surface area contributed by atoms with Gasteiger partial charge in [-0.15, -0.1) is 0 Å². The zero-order chi connectivity index (χ0) is 16.4. The predicted molar refractivity (Wildman–Crippen MR) is 90.0 cm³/mol. The molecule has 4 heteroatoms. The van der Waals surface area contributed by atoms with Crippen molar-refractivity contribution in [1.82, 2.24) is 9.80 Å². The smallest absolute Gasteiger partial charge is 0.233 e. The predicted octanol–water partition coefficient (Wildman–Crippen LogP) is 2.44. The summed E-state index contributed by atoms with van der Waals surface area (Å²) in [5.41, 5.74) is 0.849. The van der Waals surface area contributed by atoms with Gasteiger partial charge >= 0.3 is 0 Å². The van der Waals surface area contributed by atoms with Gasteiger partial charge < -0.3 is 9.80 Å². The normalized spacial score (nSPS) is 20.7. The Bertz CT molecular complexity index is 570. The summed E-state index contributed by atoms with van der Waals surface area (Å²) in [4.78, 5) is 28.9. The molecule has 1 heterocycles. The van der Waals surface area contributed by atoms with Gasteiger partial charge in [-0.3, -0.25) is 9.59 Å². The second kappa shape index (κ2) is 6.34. The molecule has 2 amide bonds. The fourth-order valence-corrected chi connectivity index (χ4v) is 3.91. The molecule has 2 aliphatic rings. The van der Waals surface area contributed by atoms with Crippen molar-refractivity contribution in [2.24, 2.45) is 5.92 Å². The molecule has 0 spiro atoms. The third-order valence-electron chi connectivity index (χ3n) is 5.52. The Morgan fingerprint density at radius 1 is 1.09 bits per heavy atom. The average Bonchev–Trinajstić information content (AvgIpc) is 2.54. The molecule has 0 unspecified atom stereocenters. The first kappa shape index (κ1) is 16.0. The van der Waals surface area contributed by atoms with Gasteiger partial charge in [0, 0.05) is 33.1 Å². The molecule has 124 valence electrons. The fourth-order valence-electron chi connectivity index (χ4n) is 3.91. The molecular formula is C19H26N2O2. The molecule has 0 N–H and O–H groups in total. The van der Waals surface area contributed by atoms with E-state index in [2.05, 4.69) is 12.1 Å². The number of rotatable bonds is 3. The summed E-state index contributed by atoms with van der Waals surface area (Å²) in [5.74, 6) is 0.535. The van der Waals surface area contributed by atoms with Crippen LogP contribution in [0.4, 0.5) is 0 Å². The van der Waals surface area contributed by atoms with Gasteiger partial charge in [0.1, 0.15) is 0 Å². The zero-order valence-corrected chi connectivity index (χ0v) is 14.1. The SMILES string of the molecule is CN(C)C(=O)C1CCN(C(=O)C2(c3ccccc3)CCC2)CC1. The van der Waals surface area contributed by atoms with E-state index in [1.54, 1.807) is 19.0 Å². The highest BCUT2D eigenvalue weighted by Crippen LogP contribution is 2.45. The molecule has 4 nitrogen and oxygen atoms in total. The first-order chi connectivity index (χ1) is 11.0. The lowest BCUT2D eigenvalue weighted by Crippen LogP contribution is -2.53. The Morgan fingerprint density at radius 2 is 1.70 bits per heavy atom. The van der Waals surface area contributed by atoms with Crippen LogP contribution in [0, 0.1) is 5.92 Å². The highest BCUT2D eigenvalue weighted by Gasteiger charge is 2.48. The summed E-state index contributed by atoms with van der Waals surface area (Å²) in [6.07, 6.45) is 4.59. The molecular weight excluding hydrogens is 288 g/mol. The molecule has 1 aliphatic carbocycles. The molecule has 23 heavy (non-hydrogen) atoms. The van der Waals surface area contributed by atoms with Crippen molar-refractivity contribution < 1.29 is 9.59 Å². The minimum atomic E-state index is -0.306. The minimum Gasteiger partial charge on any atom is -0.349 e. The molecule has 3 rings (SSSR count). The molecule has 1 aromatic carbocycles. The maximum Gasteiger partial charge on any atom is 0.233 e. The van der Waals surface area contributed by atoms with Crippen molar-refractivity contribution in [3.63, 3.8) is 0 Å². The number of likely N-dealkylation sites (tertiary alicyclic amines) is 1. The lowest BCUT2D eigenvalue weighted by molar-refractivity contribution is -0.145. The Balaban J connectivity index is 1.69. The summed E-state index contributed by atoms with van der Waals surface area (Å²) in [6, 6.07) is 10.2. The van der Waals surface area contributed by atoms with Gasteiger partial charge in [0.05, 0.1) is 5.41 Å². The Morgan fingerprint density at radius 3 is 2.17 bits per heavy atom. The third-order valence-corrected chi connectivity index (χ3v) is 5.52. The number of benzene rings is 1. The van der Waals surface area contributed by atoms with Gasteiger partial charge in [-0.05, 0) is 31.2 Å². The average molecular weight is 314 g/mol. The summed E-state index contributed by atoms with van der Waals surface area (Å²) in [6.45, 7) is 1.41. The summed E-state index contributed by atoms with van der Waals surface area (Å²) in [7, 11) is 3.61. The van der Waals surface area contributed by atoms with Crippen LogP contribution in [-0.2, 0) is 15.0 Å². The first-order valence-corrected chi connectivity index (χ1v) is 8.61. The molecule has 0 atom stereocenters. The van der Waals surface area contributed by atoms with Crippen molar-refractivity contribution >= 4 is 11.8 Å². The van der Waals surface area contributed by atoms with E-state index in [1.807, 2.05) is 23.1 Å². The van der Waals surface area contributed by atoms with E-state index in [9.17, 15) is 9.59 Å². The maximum atomic E-state index is 13.1. The van der Waals surface area contributed by atoms with Crippen molar-refractivity contribution in [2.45, 2.75) is 37.5 Å². The second-order valence-electron chi connectivity index (χ2n) is 7.10. The standard InChI is InChI=1S/C19H26N2O2/c1-20(2)17(22)15-9-13-21(14-10-15)18(23)19(11-6-12-19)16-7-4-3-5-8-16/h3-5,7-8,15H,6,9-14H2,1-2H3. The van der Waals surface area contributed by atoms with Crippen LogP contribution < -0.4 is 0 Å². The van der Waals surface area contributed by atoms with Crippen LogP contribution in [0.5, 0.6) is 0 Å². The van der Waals surface area contributed by atoms with Crippen LogP contribution in [0.25, 0.3) is 0 Å². The number of amides is 2. The summed E-state index contributed by atoms with van der Waals surface area (Å²) < 4.78 is 0. The quantitative estimate of drug-likeness (QED) is 0.860. The van der Waals surface area contributed by atoms with Gasteiger partial charge in [-0.1, -0.05) is 36.8 Å². The molecule has 1 saturated heterocycles. The maximum absolute atomic E-state index is 13.1. The number of hydrogen-bond donors (Lipinski definition) is 0. The van der Waals surface area contributed by atoms with Crippen LogP contribution in [0.2, 0.25) is 0 Å². The van der Waals surface area contributed by atoms with Crippen molar-refractivity contribution in [1.29, 1.82) is 0 Å². The number of carbonyl (C=O) groups excluding carboxylic acids is 2. The Kier molecular flexibility index (Phi) is 4.42. The molecule has 0 bridgehead atoms. The molecule has 2 fully saturated rings. The molecule has 1 aromatic rings. The largest absolute Gasteiger partial charge is 0.349 e. The van der Waals surface area contributed by atoms with E-state index >= 15 is 0 Å². The highest BCUT2D eigenvalue weighted by molar-refractivity contribution is 5.89. The van der Waals surface area contributed by atoms with E-state index in [-0.39, 0.29) is 23.1 Å². The van der Waals surface area contributed by atoms with E-state index in [4.69, 9.17) is 0 Å². The summed E-state index contributed by atoms with van der Waals surface area (Å²) >= 11 is 0. The second-order valence-corrected chi connectivity index (χ2v) is 7.10. The Hall–Kier alpha value is -1.84. The van der Waals surface area contributed by atoms with Crippen molar-refractivity contribution in [3.05, 3.63) is 35.9 Å². The summed E-state index contributed by atoms with van der Waals surface area (Å²) in [5, 5.41) is 0. The minimum absolute atomic E-state index is 0.0723. The number of hydrogen-bond acceptors (Lipinski definition) is 2. The van der Waals surface area contributed by atoms with Gasteiger partial charge in [0.25, 0.3) is 0 Å². The van der Waals surface area contributed by atoms with Crippen LogP contribution >= 0.6 is 0 Å². The van der Waals surface area contributed by atoms with Crippen LogP contribution in [0.1, 0.15) is 37.7 Å². The van der Waals surface area contributed by atoms with Crippen molar-refractivity contribution in [2.75, 3.05) is 27.2 Å². The molecule has 0 radical (unpaired) electrons. The van der Waals surface area contributed by atoms with Crippen molar-refractivity contribution in [3.8, 4) is 0 Å².